The van der Waals surface area contributed by atoms with Gasteiger partial charge in [0.1, 0.15) is 11.4 Å². The van der Waals surface area contributed by atoms with Gasteiger partial charge in [-0.3, -0.25) is 0 Å². The average Bonchev–Trinajstić information content (AvgIpc) is 2.99. The number of ether oxygens (including phenoxy) is 1. The summed E-state index contributed by atoms with van der Waals surface area (Å²) in [5, 5.41) is 14.5. The predicted molar refractivity (Wildman–Crippen MR) is 112 cm³/mol. The van der Waals surface area contributed by atoms with Crippen LogP contribution >= 0.6 is 0 Å². The zero-order valence-corrected chi connectivity index (χ0v) is 17.0. The van der Waals surface area contributed by atoms with Gasteiger partial charge in [0.15, 0.2) is 0 Å². The zero-order chi connectivity index (χ0) is 20.3. The average molecular weight is 380 g/mol. The van der Waals surface area contributed by atoms with E-state index in [1.54, 1.807) is 7.11 Å². The number of aromatic nitrogens is 1. The molecule has 1 heterocycles. The van der Waals surface area contributed by atoms with Crippen molar-refractivity contribution in [2.24, 2.45) is 0 Å². The SMILES string of the molecule is CCC(C)NCc1c(C(=O)O)n(Cc2ccc(OC)cc2)c2cc(C)ccc12. The van der Waals surface area contributed by atoms with Crippen molar-refractivity contribution in [3.63, 3.8) is 0 Å². The van der Waals surface area contributed by atoms with E-state index in [0.29, 0.717) is 24.8 Å². The number of fused-ring (bicyclic) bond motifs is 1. The van der Waals surface area contributed by atoms with Gasteiger partial charge in [0, 0.05) is 35.6 Å². The van der Waals surface area contributed by atoms with E-state index in [4.69, 9.17) is 4.74 Å². The normalized spacial score (nSPS) is 12.3. The Hall–Kier alpha value is -2.79. The predicted octanol–water partition coefficient (Wildman–Crippen LogP) is 4.59. The molecule has 5 heteroatoms. The van der Waals surface area contributed by atoms with E-state index >= 15 is 0 Å². The Kier molecular flexibility index (Phi) is 6.05. The van der Waals surface area contributed by atoms with Crippen LogP contribution in [0.4, 0.5) is 0 Å². The minimum absolute atomic E-state index is 0.326. The number of aromatic carboxylic acids is 1. The van der Waals surface area contributed by atoms with Crippen molar-refractivity contribution >= 4 is 16.9 Å². The topological polar surface area (TPSA) is 63.5 Å². The summed E-state index contributed by atoms with van der Waals surface area (Å²) in [7, 11) is 1.64. The second-order valence-corrected chi connectivity index (χ2v) is 7.28. The molecule has 1 atom stereocenters. The summed E-state index contributed by atoms with van der Waals surface area (Å²) in [5.41, 5.74) is 4.29. The number of carboxylic acid groups (broad SMARTS) is 1. The standard InChI is InChI=1S/C23H28N2O3/c1-5-16(3)24-13-20-19-11-6-15(2)12-21(19)25(22(20)23(26)27)14-17-7-9-18(28-4)10-8-17/h6-12,16,24H,5,13-14H2,1-4H3,(H,26,27). The highest BCUT2D eigenvalue weighted by molar-refractivity contribution is 5.98. The fourth-order valence-corrected chi connectivity index (χ4v) is 3.45. The second-order valence-electron chi connectivity index (χ2n) is 7.28. The van der Waals surface area contributed by atoms with Crippen molar-refractivity contribution in [1.29, 1.82) is 0 Å². The lowest BCUT2D eigenvalue weighted by Crippen LogP contribution is -2.25. The molecule has 2 aromatic carbocycles. The minimum atomic E-state index is -0.900. The van der Waals surface area contributed by atoms with Gasteiger partial charge in [-0.15, -0.1) is 0 Å². The van der Waals surface area contributed by atoms with E-state index in [0.717, 1.165) is 39.8 Å². The van der Waals surface area contributed by atoms with Crippen LogP contribution in [0.3, 0.4) is 0 Å². The summed E-state index contributed by atoms with van der Waals surface area (Å²) in [6.45, 7) is 7.29. The third-order valence-corrected chi connectivity index (χ3v) is 5.27. The molecule has 0 radical (unpaired) electrons. The van der Waals surface area contributed by atoms with Crippen LogP contribution in [0.2, 0.25) is 0 Å². The Morgan fingerprint density at radius 1 is 1.21 bits per heavy atom. The molecular weight excluding hydrogens is 352 g/mol. The van der Waals surface area contributed by atoms with Crippen molar-refractivity contribution in [2.45, 2.75) is 46.3 Å². The first-order valence-corrected chi connectivity index (χ1v) is 9.65. The van der Waals surface area contributed by atoms with Crippen LogP contribution in [0.15, 0.2) is 42.5 Å². The smallest absolute Gasteiger partial charge is 0.352 e. The van der Waals surface area contributed by atoms with E-state index in [1.165, 1.54) is 0 Å². The molecule has 0 bridgehead atoms. The molecule has 0 saturated carbocycles. The lowest BCUT2D eigenvalue weighted by Gasteiger charge is -2.13. The second kappa shape index (κ2) is 8.48. The summed E-state index contributed by atoms with van der Waals surface area (Å²) in [6, 6.07) is 14.2. The van der Waals surface area contributed by atoms with Gasteiger partial charge >= 0.3 is 5.97 Å². The molecule has 0 aliphatic rings. The number of aryl methyl sites for hydroxylation is 1. The number of carbonyl (C=O) groups is 1. The van der Waals surface area contributed by atoms with E-state index in [2.05, 4.69) is 25.2 Å². The Morgan fingerprint density at radius 2 is 1.93 bits per heavy atom. The lowest BCUT2D eigenvalue weighted by molar-refractivity contribution is 0.0684. The number of carboxylic acids is 1. The molecule has 1 unspecified atom stereocenters. The van der Waals surface area contributed by atoms with Gasteiger partial charge in [-0.2, -0.15) is 0 Å². The summed E-state index contributed by atoms with van der Waals surface area (Å²) >= 11 is 0. The minimum Gasteiger partial charge on any atom is -0.497 e. The Balaban J connectivity index is 2.11. The fraction of sp³-hybridized carbons (Fsp3) is 0.348. The van der Waals surface area contributed by atoms with Crippen LogP contribution in [0.1, 0.15) is 47.4 Å². The van der Waals surface area contributed by atoms with E-state index in [1.807, 2.05) is 47.9 Å². The van der Waals surface area contributed by atoms with Crippen molar-refractivity contribution < 1.29 is 14.6 Å². The molecule has 3 rings (SSSR count). The van der Waals surface area contributed by atoms with E-state index in [9.17, 15) is 9.90 Å². The molecule has 3 aromatic rings. The highest BCUT2D eigenvalue weighted by Gasteiger charge is 2.22. The quantitative estimate of drug-likeness (QED) is 0.600. The Morgan fingerprint density at radius 3 is 2.54 bits per heavy atom. The maximum Gasteiger partial charge on any atom is 0.352 e. The summed E-state index contributed by atoms with van der Waals surface area (Å²) < 4.78 is 7.14. The van der Waals surface area contributed by atoms with E-state index in [-0.39, 0.29) is 0 Å². The van der Waals surface area contributed by atoms with Gasteiger partial charge in [-0.25, -0.2) is 4.79 Å². The van der Waals surface area contributed by atoms with E-state index < -0.39 is 5.97 Å². The monoisotopic (exact) mass is 380 g/mol. The van der Waals surface area contributed by atoms with Crippen LogP contribution in [-0.4, -0.2) is 28.8 Å². The van der Waals surface area contributed by atoms with Crippen LogP contribution < -0.4 is 10.1 Å². The molecule has 0 spiro atoms. The third kappa shape index (κ3) is 4.04. The summed E-state index contributed by atoms with van der Waals surface area (Å²) in [4.78, 5) is 12.2. The van der Waals surface area contributed by atoms with Gasteiger partial charge in [0.2, 0.25) is 0 Å². The Labute approximate surface area is 165 Å². The number of nitrogens with zero attached hydrogens (tertiary/aromatic N) is 1. The fourth-order valence-electron chi connectivity index (χ4n) is 3.45. The lowest BCUT2D eigenvalue weighted by atomic mass is 10.1. The molecule has 0 amide bonds. The van der Waals surface area contributed by atoms with Crippen LogP contribution in [0, 0.1) is 6.92 Å². The zero-order valence-electron chi connectivity index (χ0n) is 17.0. The molecule has 0 fully saturated rings. The first-order chi connectivity index (χ1) is 13.4. The van der Waals surface area contributed by atoms with Gasteiger partial charge in [0.05, 0.1) is 7.11 Å². The summed E-state index contributed by atoms with van der Waals surface area (Å²) in [6.07, 6.45) is 0.992. The number of benzene rings is 2. The largest absolute Gasteiger partial charge is 0.497 e. The number of rotatable bonds is 8. The van der Waals surface area contributed by atoms with Gasteiger partial charge in [-0.1, -0.05) is 31.2 Å². The maximum absolute atomic E-state index is 12.2. The summed E-state index contributed by atoms with van der Waals surface area (Å²) in [5.74, 6) is -0.114. The van der Waals surface area contributed by atoms with Crippen molar-refractivity contribution in [2.75, 3.05) is 7.11 Å². The highest BCUT2D eigenvalue weighted by Crippen LogP contribution is 2.29. The molecule has 1 aromatic heterocycles. The van der Waals surface area contributed by atoms with Crippen LogP contribution in [0.5, 0.6) is 5.75 Å². The van der Waals surface area contributed by atoms with Gasteiger partial charge < -0.3 is 19.7 Å². The molecule has 148 valence electrons. The number of nitrogens with one attached hydrogen (secondary N) is 1. The highest BCUT2D eigenvalue weighted by atomic mass is 16.5. The number of methoxy groups -OCH3 is 1. The molecule has 0 saturated heterocycles. The molecular formula is C23H28N2O3. The van der Waals surface area contributed by atoms with Crippen LogP contribution in [-0.2, 0) is 13.1 Å². The number of hydrogen-bond acceptors (Lipinski definition) is 3. The van der Waals surface area contributed by atoms with Crippen molar-refractivity contribution in [3.05, 3.63) is 64.8 Å². The maximum atomic E-state index is 12.2. The third-order valence-electron chi connectivity index (χ3n) is 5.27. The molecule has 0 aliphatic carbocycles. The van der Waals surface area contributed by atoms with Crippen molar-refractivity contribution in [1.82, 2.24) is 9.88 Å². The first-order valence-electron chi connectivity index (χ1n) is 9.65. The molecule has 0 aliphatic heterocycles. The van der Waals surface area contributed by atoms with Gasteiger partial charge in [0.25, 0.3) is 0 Å². The van der Waals surface area contributed by atoms with Crippen LogP contribution in [0.25, 0.3) is 10.9 Å². The van der Waals surface area contributed by atoms with Crippen molar-refractivity contribution in [3.8, 4) is 5.75 Å². The molecule has 28 heavy (non-hydrogen) atoms. The van der Waals surface area contributed by atoms with Gasteiger partial charge in [-0.05, 0) is 49.6 Å². The first kappa shape index (κ1) is 20.0. The number of hydrogen-bond donors (Lipinski definition) is 2. The Bertz CT molecular complexity index is 974. The molecule has 5 nitrogen and oxygen atoms in total. The molecule has 2 N–H and O–H groups in total.